The van der Waals surface area contributed by atoms with Gasteiger partial charge >= 0.3 is 30.3 Å². The molecule has 0 amide bonds. The maximum atomic E-state index is 14.0. The first kappa shape index (κ1) is 34.2. The number of nitrogens with zero attached hydrogens (tertiary/aromatic N) is 2. The lowest BCUT2D eigenvalue weighted by atomic mass is 10.0. The Morgan fingerprint density at radius 3 is 1.92 bits per heavy atom. The number of carbonyl (C=O) groups is 3. The fourth-order valence-corrected chi connectivity index (χ4v) is 4.76. The molecular formula is C33H22F6N4O6. The van der Waals surface area contributed by atoms with Crippen LogP contribution in [0.4, 0.5) is 43.5 Å². The first-order valence-electron chi connectivity index (χ1n) is 13.9. The van der Waals surface area contributed by atoms with Crippen molar-refractivity contribution >= 4 is 45.9 Å². The van der Waals surface area contributed by atoms with E-state index in [0.717, 1.165) is 13.2 Å². The minimum atomic E-state index is -5.02. The number of anilines is 3. The fourth-order valence-electron chi connectivity index (χ4n) is 4.76. The smallest absolute Gasteiger partial charge is 0.416 e. The number of alkyl halides is 6. The molecule has 1 aromatic heterocycles. The lowest BCUT2D eigenvalue weighted by Gasteiger charge is -2.19. The lowest BCUT2D eigenvalue weighted by molar-refractivity contribution is -0.138. The van der Waals surface area contributed by atoms with Crippen molar-refractivity contribution in [3.05, 3.63) is 107 Å². The van der Waals surface area contributed by atoms with Gasteiger partial charge in [0.1, 0.15) is 11.3 Å². The molecule has 0 fully saturated rings. The van der Waals surface area contributed by atoms with Gasteiger partial charge in [-0.05, 0) is 42.5 Å². The predicted octanol–water partition coefficient (Wildman–Crippen LogP) is 7.45. The first-order valence-corrected chi connectivity index (χ1v) is 13.9. The van der Waals surface area contributed by atoms with E-state index in [9.17, 15) is 40.7 Å². The summed E-state index contributed by atoms with van der Waals surface area (Å²) >= 11 is 0. The molecule has 0 aliphatic heterocycles. The van der Waals surface area contributed by atoms with E-state index in [0.29, 0.717) is 46.3 Å². The van der Waals surface area contributed by atoms with Crippen molar-refractivity contribution in [3.8, 4) is 17.0 Å². The second kappa shape index (κ2) is 13.1. The maximum absolute atomic E-state index is 14.0. The van der Waals surface area contributed by atoms with Crippen molar-refractivity contribution in [2.75, 3.05) is 25.3 Å². The third kappa shape index (κ3) is 7.22. The largest absolute Gasteiger partial charge is 0.465 e. The molecule has 0 unspecified atom stereocenters. The summed E-state index contributed by atoms with van der Waals surface area (Å²) in [6.07, 6.45) is -9.93. The molecule has 5 aromatic rings. The zero-order valence-corrected chi connectivity index (χ0v) is 25.2. The second-order valence-corrected chi connectivity index (χ2v) is 10.3. The van der Waals surface area contributed by atoms with Crippen molar-refractivity contribution in [1.82, 2.24) is 10.2 Å². The molecule has 0 saturated heterocycles. The van der Waals surface area contributed by atoms with Gasteiger partial charge in [0.15, 0.2) is 11.6 Å². The SMILES string of the molecule is COC(=O)c1ccc(-c2nnc(Nc3cc(C(F)(F)F)cc(C(=O)OC)c3OC(=O)c3cc(N)cc(C(F)(F)F)c3)c3ccccc23)cc1. The highest BCUT2D eigenvalue weighted by Crippen LogP contribution is 2.41. The van der Waals surface area contributed by atoms with Crippen LogP contribution in [0.25, 0.3) is 22.0 Å². The van der Waals surface area contributed by atoms with Gasteiger partial charge in [0, 0.05) is 22.0 Å². The number of hydrogen-bond donors (Lipinski definition) is 2. The number of halogens is 6. The summed E-state index contributed by atoms with van der Waals surface area (Å²) in [5.41, 5.74) is 1.35. The van der Waals surface area contributed by atoms with Crippen LogP contribution < -0.4 is 15.8 Å². The summed E-state index contributed by atoms with van der Waals surface area (Å²) in [4.78, 5) is 37.8. The number of nitrogens with one attached hydrogen (secondary N) is 1. The van der Waals surface area contributed by atoms with E-state index in [1.54, 1.807) is 36.4 Å². The number of esters is 3. The molecular weight excluding hydrogens is 662 g/mol. The number of hydrogen-bond acceptors (Lipinski definition) is 10. The highest BCUT2D eigenvalue weighted by molar-refractivity contribution is 6.03. The van der Waals surface area contributed by atoms with Crippen molar-refractivity contribution in [1.29, 1.82) is 0 Å². The number of nitrogen functional groups attached to an aromatic ring is 1. The van der Waals surface area contributed by atoms with Gasteiger partial charge < -0.3 is 25.3 Å². The number of ether oxygens (including phenoxy) is 3. The van der Waals surface area contributed by atoms with E-state index in [2.05, 4.69) is 20.3 Å². The van der Waals surface area contributed by atoms with E-state index < -0.39 is 69.6 Å². The Balaban J connectivity index is 1.65. The van der Waals surface area contributed by atoms with Crippen LogP contribution in [-0.4, -0.2) is 42.3 Å². The van der Waals surface area contributed by atoms with Gasteiger partial charge in [0.05, 0.1) is 42.2 Å². The summed E-state index contributed by atoms with van der Waals surface area (Å²) < 4.78 is 97.1. The number of methoxy groups -OCH3 is 2. The van der Waals surface area contributed by atoms with Crippen LogP contribution in [0.1, 0.15) is 42.2 Å². The summed E-state index contributed by atoms with van der Waals surface area (Å²) in [5, 5.41) is 11.8. The van der Waals surface area contributed by atoms with E-state index in [1.807, 2.05) is 0 Å². The third-order valence-corrected chi connectivity index (χ3v) is 7.05. The van der Waals surface area contributed by atoms with Gasteiger partial charge in [-0.2, -0.15) is 26.3 Å². The summed E-state index contributed by atoms with van der Waals surface area (Å²) in [6, 6.07) is 15.4. The predicted molar refractivity (Wildman–Crippen MR) is 163 cm³/mol. The highest BCUT2D eigenvalue weighted by atomic mass is 19.4. The zero-order valence-electron chi connectivity index (χ0n) is 25.2. The summed E-state index contributed by atoms with van der Waals surface area (Å²) in [7, 11) is 2.09. The summed E-state index contributed by atoms with van der Waals surface area (Å²) in [5.74, 6) is -4.37. The number of aromatic nitrogens is 2. The van der Waals surface area contributed by atoms with Gasteiger partial charge in [0.25, 0.3) is 0 Å². The van der Waals surface area contributed by atoms with Crippen molar-refractivity contribution in [3.63, 3.8) is 0 Å². The van der Waals surface area contributed by atoms with Crippen LogP contribution in [0.2, 0.25) is 0 Å². The van der Waals surface area contributed by atoms with E-state index in [4.69, 9.17) is 15.2 Å². The van der Waals surface area contributed by atoms with Crippen LogP contribution in [0, 0.1) is 0 Å². The Hall–Kier alpha value is -6.19. The first-order chi connectivity index (χ1) is 23.1. The molecule has 49 heavy (non-hydrogen) atoms. The van der Waals surface area contributed by atoms with Crippen molar-refractivity contribution in [2.45, 2.75) is 12.4 Å². The summed E-state index contributed by atoms with van der Waals surface area (Å²) in [6.45, 7) is 0. The van der Waals surface area contributed by atoms with E-state index >= 15 is 0 Å². The van der Waals surface area contributed by atoms with Gasteiger partial charge in [-0.1, -0.05) is 36.4 Å². The molecule has 0 radical (unpaired) electrons. The Bertz CT molecular complexity index is 2100. The molecule has 0 spiro atoms. The van der Waals surface area contributed by atoms with Crippen LogP contribution in [-0.2, 0) is 21.8 Å². The third-order valence-electron chi connectivity index (χ3n) is 7.05. The molecule has 10 nitrogen and oxygen atoms in total. The molecule has 0 aliphatic rings. The number of fused-ring (bicyclic) bond motifs is 1. The normalized spacial score (nSPS) is 11.6. The quantitative estimate of drug-likeness (QED) is 0.0768. The van der Waals surface area contributed by atoms with Crippen molar-refractivity contribution in [2.24, 2.45) is 0 Å². The Morgan fingerprint density at radius 2 is 1.31 bits per heavy atom. The monoisotopic (exact) mass is 684 g/mol. The molecule has 5 rings (SSSR count). The molecule has 0 saturated carbocycles. The number of benzene rings is 4. The number of nitrogens with two attached hydrogens (primary N) is 1. The average molecular weight is 685 g/mol. The van der Waals surface area contributed by atoms with Crippen LogP contribution >= 0.6 is 0 Å². The lowest BCUT2D eigenvalue weighted by Crippen LogP contribution is -2.17. The van der Waals surface area contributed by atoms with Gasteiger partial charge in [-0.3, -0.25) is 0 Å². The minimum Gasteiger partial charge on any atom is -0.465 e. The van der Waals surface area contributed by atoms with Gasteiger partial charge in [-0.15, -0.1) is 10.2 Å². The molecule has 0 bridgehead atoms. The Kier molecular flexibility index (Phi) is 9.16. The zero-order chi connectivity index (χ0) is 35.7. The fraction of sp³-hybridized carbons (Fsp3) is 0.121. The Morgan fingerprint density at radius 1 is 0.694 bits per heavy atom. The molecule has 0 atom stereocenters. The van der Waals surface area contributed by atoms with Crippen molar-refractivity contribution < 1.29 is 54.9 Å². The highest BCUT2D eigenvalue weighted by Gasteiger charge is 2.36. The van der Waals surface area contributed by atoms with E-state index in [-0.39, 0.29) is 11.4 Å². The Labute approximate surface area is 272 Å². The number of carbonyl (C=O) groups excluding carboxylic acids is 3. The van der Waals surface area contributed by atoms with E-state index in [1.165, 1.54) is 19.2 Å². The molecule has 1 heterocycles. The maximum Gasteiger partial charge on any atom is 0.416 e. The topological polar surface area (TPSA) is 143 Å². The second-order valence-electron chi connectivity index (χ2n) is 10.3. The molecule has 4 aromatic carbocycles. The minimum absolute atomic E-state index is 0.152. The molecule has 16 heteroatoms. The molecule has 3 N–H and O–H groups in total. The van der Waals surface area contributed by atoms with Gasteiger partial charge in [-0.25, -0.2) is 14.4 Å². The number of rotatable bonds is 7. The molecule has 0 aliphatic carbocycles. The van der Waals surface area contributed by atoms with Crippen LogP contribution in [0.15, 0.2) is 78.9 Å². The average Bonchev–Trinajstić information content (AvgIpc) is 3.07. The van der Waals surface area contributed by atoms with Crippen LogP contribution in [0.5, 0.6) is 5.75 Å². The van der Waals surface area contributed by atoms with Gasteiger partial charge in [0.2, 0.25) is 0 Å². The van der Waals surface area contributed by atoms with Crippen LogP contribution in [0.3, 0.4) is 0 Å². The standard InChI is InChI=1S/C33H22F6N4O6/c1-47-29(44)17-9-7-16(8-10-17)26-22-5-3-4-6-23(22)28(43-42-26)41-25-15-20(33(37,38)39)14-24(31(46)48-2)27(25)49-30(45)18-11-19(32(34,35)36)13-21(40)12-18/h3-15H,40H2,1-2H3,(H,41,43). The molecule has 252 valence electrons.